The quantitative estimate of drug-likeness (QED) is 0.462. The largest absolute Gasteiger partial charge is 0.287 e. The van der Waals surface area contributed by atoms with Crippen LogP contribution in [0.4, 0.5) is 5.69 Å². The van der Waals surface area contributed by atoms with Gasteiger partial charge < -0.3 is 0 Å². The Balaban J connectivity index is 1.74. The SMILES string of the molecule is C[C@H](N=CC1C(=O)N(c2cccc(Cl)c2)C(=O)c2ccccc21)c1ccccn1. The van der Waals surface area contributed by atoms with E-state index in [1.165, 1.54) is 4.90 Å². The number of anilines is 1. The summed E-state index contributed by atoms with van der Waals surface area (Å²) in [5, 5.41) is 0.455. The van der Waals surface area contributed by atoms with E-state index >= 15 is 0 Å². The van der Waals surface area contributed by atoms with Crippen molar-refractivity contribution in [1.29, 1.82) is 0 Å². The van der Waals surface area contributed by atoms with Crippen LogP contribution >= 0.6 is 11.6 Å². The molecule has 144 valence electrons. The van der Waals surface area contributed by atoms with E-state index in [4.69, 9.17) is 11.6 Å². The molecule has 2 heterocycles. The number of halogens is 1. The summed E-state index contributed by atoms with van der Waals surface area (Å²) >= 11 is 6.08. The van der Waals surface area contributed by atoms with E-state index in [0.717, 1.165) is 5.69 Å². The van der Waals surface area contributed by atoms with Crippen molar-refractivity contribution in [2.24, 2.45) is 4.99 Å². The summed E-state index contributed by atoms with van der Waals surface area (Å²) in [4.78, 5) is 36.4. The lowest BCUT2D eigenvalue weighted by Gasteiger charge is -2.31. The van der Waals surface area contributed by atoms with E-state index in [9.17, 15) is 9.59 Å². The van der Waals surface area contributed by atoms with Crippen LogP contribution in [0.3, 0.4) is 0 Å². The number of hydrogen-bond donors (Lipinski definition) is 0. The summed E-state index contributed by atoms with van der Waals surface area (Å²) in [7, 11) is 0. The van der Waals surface area contributed by atoms with Crippen LogP contribution in [0.25, 0.3) is 0 Å². The normalized spacial score (nSPS) is 17.4. The number of carbonyl (C=O) groups is 2. The number of carbonyl (C=O) groups excluding carboxylic acids is 2. The number of aliphatic imine (C=N–C) groups is 1. The van der Waals surface area contributed by atoms with Gasteiger partial charge in [-0.05, 0) is 48.9 Å². The molecular weight excluding hydrogens is 386 g/mol. The fourth-order valence-electron chi connectivity index (χ4n) is 3.37. The molecule has 0 aliphatic carbocycles. The molecule has 2 aromatic carbocycles. The summed E-state index contributed by atoms with van der Waals surface area (Å²) in [6.45, 7) is 1.91. The lowest BCUT2D eigenvalue weighted by atomic mass is 9.88. The van der Waals surface area contributed by atoms with Gasteiger partial charge in [0.15, 0.2) is 0 Å². The predicted octanol–water partition coefficient (Wildman–Crippen LogP) is 4.84. The van der Waals surface area contributed by atoms with Crippen molar-refractivity contribution in [1.82, 2.24) is 4.98 Å². The number of amides is 2. The molecule has 0 radical (unpaired) electrons. The maximum Gasteiger partial charge on any atom is 0.265 e. The molecule has 2 atom stereocenters. The van der Waals surface area contributed by atoms with Crippen molar-refractivity contribution < 1.29 is 9.59 Å². The fraction of sp³-hybridized carbons (Fsp3) is 0.130. The van der Waals surface area contributed by atoms with Gasteiger partial charge in [0.2, 0.25) is 5.91 Å². The van der Waals surface area contributed by atoms with Crippen LogP contribution in [0.15, 0.2) is 77.9 Å². The summed E-state index contributed by atoms with van der Waals surface area (Å²) < 4.78 is 0. The molecule has 1 unspecified atom stereocenters. The second kappa shape index (κ2) is 7.97. The molecule has 0 saturated carbocycles. The van der Waals surface area contributed by atoms with Gasteiger partial charge in [-0.15, -0.1) is 0 Å². The third-order valence-electron chi connectivity index (χ3n) is 4.86. The highest BCUT2D eigenvalue weighted by Crippen LogP contribution is 2.33. The van der Waals surface area contributed by atoms with Gasteiger partial charge in [0.05, 0.1) is 23.3 Å². The van der Waals surface area contributed by atoms with Gasteiger partial charge in [0.25, 0.3) is 5.91 Å². The van der Waals surface area contributed by atoms with Crippen LogP contribution in [0, 0.1) is 0 Å². The van der Waals surface area contributed by atoms with Crippen molar-refractivity contribution in [2.45, 2.75) is 18.9 Å². The standard InChI is InChI=1S/C23H18ClN3O2/c1-15(21-11-4-5-12-25-21)26-14-20-18-9-2-3-10-19(18)22(28)27(23(20)29)17-8-6-7-16(24)13-17/h2-15,20H,1H3/t15-,20?/m0/s1. The Morgan fingerprint density at radius 3 is 2.62 bits per heavy atom. The molecule has 0 saturated heterocycles. The highest BCUT2D eigenvalue weighted by molar-refractivity contribution is 6.32. The van der Waals surface area contributed by atoms with E-state index in [1.807, 2.05) is 31.2 Å². The number of imide groups is 1. The van der Waals surface area contributed by atoms with Gasteiger partial charge in [-0.3, -0.25) is 19.6 Å². The topological polar surface area (TPSA) is 62.6 Å². The molecule has 0 N–H and O–H groups in total. The fourth-order valence-corrected chi connectivity index (χ4v) is 3.56. The summed E-state index contributed by atoms with van der Waals surface area (Å²) in [6.07, 6.45) is 3.33. The van der Waals surface area contributed by atoms with Crippen LogP contribution < -0.4 is 4.90 Å². The van der Waals surface area contributed by atoms with Crippen LogP contribution in [0.1, 0.15) is 40.5 Å². The minimum absolute atomic E-state index is 0.214. The van der Waals surface area contributed by atoms with Crippen molar-refractivity contribution in [3.8, 4) is 0 Å². The molecule has 1 aliphatic rings. The third-order valence-corrected chi connectivity index (χ3v) is 5.09. The summed E-state index contributed by atoms with van der Waals surface area (Å²) in [6, 6.07) is 19.3. The Bertz CT molecular complexity index is 1100. The zero-order chi connectivity index (χ0) is 20.4. The Hall–Kier alpha value is -3.31. The number of fused-ring (bicyclic) bond motifs is 1. The Morgan fingerprint density at radius 1 is 1.07 bits per heavy atom. The molecule has 2 amide bonds. The lowest BCUT2D eigenvalue weighted by molar-refractivity contribution is -0.118. The first-order chi connectivity index (χ1) is 14.1. The average molecular weight is 404 g/mol. The van der Waals surface area contributed by atoms with Gasteiger partial charge in [-0.25, -0.2) is 4.90 Å². The second-order valence-electron chi connectivity index (χ2n) is 6.75. The molecule has 1 aliphatic heterocycles. The van der Waals surface area contributed by atoms with Crippen molar-refractivity contribution >= 4 is 35.3 Å². The van der Waals surface area contributed by atoms with Gasteiger partial charge in [-0.1, -0.05) is 41.9 Å². The Morgan fingerprint density at radius 2 is 1.86 bits per heavy atom. The van der Waals surface area contributed by atoms with E-state index in [2.05, 4.69) is 9.98 Å². The average Bonchev–Trinajstić information content (AvgIpc) is 2.74. The molecule has 3 aromatic rings. The zero-order valence-corrected chi connectivity index (χ0v) is 16.5. The van der Waals surface area contributed by atoms with Crippen molar-refractivity contribution in [3.05, 3.63) is 94.8 Å². The second-order valence-corrected chi connectivity index (χ2v) is 7.19. The molecule has 0 fully saturated rings. The predicted molar refractivity (Wildman–Crippen MR) is 114 cm³/mol. The van der Waals surface area contributed by atoms with E-state index in [-0.39, 0.29) is 17.9 Å². The van der Waals surface area contributed by atoms with E-state index < -0.39 is 5.92 Å². The molecule has 0 bridgehead atoms. The van der Waals surface area contributed by atoms with E-state index in [1.54, 1.807) is 54.9 Å². The molecule has 1 aromatic heterocycles. The monoisotopic (exact) mass is 403 g/mol. The molecular formula is C23H18ClN3O2. The minimum Gasteiger partial charge on any atom is -0.287 e. The van der Waals surface area contributed by atoms with Crippen LogP contribution in [-0.2, 0) is 4.79 Å². The van der Waals surface area contributed by atoms with Gasteiger partial charge >= 0.3 is 0 Å². The smallest absolute Gasteiger partial charge is 0.265 e. The van der Waals surface area contributed by atoms with Crippen molar-refractivity contribution in [3.63, 3.8) is 0 Å². The first-order valence-electron chi connectivity index (χ1n) is 9.23. The lowest BCUT2D eigenvalue weighted by Crippen LogP contribution is -2.45. The number of rotatable bonds is 4. The first kappa shape index (κ1) is 19.0. The molecule has 29 heavy (non-hydrogen) atoms. The zero-order valence-electron chi connectivity index (χ0n) is 15.7. The van der Waals surface area contributed by atoms with E-state index in [0.29, 0.717) is 21.8 Å². The van der Waals surface area contributed by atoms with Crippen LogP contribution in [0.2, 0.25) is 5.02 Å². The van der Waals surface area contributed by atoms with Crippen LogP contribution in [0.5, 0.6) is 0 Å². The minimum atomic E-state index is -0.672. The van der Waals surface area contributed by atoms with Gasteiger partial charge in [0.1, 0.15) is 0 Å². The maximum absolute atomic E-state index is 13.3. The number of aromatic nitrogens is 1. The number of nitrogens with zero attached hydrogens (tertiary/aromatic N) is 3. The molecule has 5 nitrogen and oxygen atoms in total. The molecule has 0 spiro atoms. The Labute approximate surface area is 173 Å². The van der Waals surface area contributed by atoms with Crippen molar-refractivity contribution in [2.75, 3.05) is 4.90 Å². The maximum atomic E-state index is 13.3. The third kappa shape index (κ3) is 3.69. The molecule has 4 rings (SSSR count). The highest BCUT2D eigenvalue weighted by atomic mass is 35.5. The summed E-state index contributed by atoms with van der Waals surface area (Å²) in [5.74, 6) is -1.39. The Kier molecular flexibility index (Phi) is 5.23. The van der Waals surface area contributed by atoms with Gasteiger partial charge in [0, 0.05) is 23.0 Å². The summed E-state index contributed by atoms with van der Waals surface area (Å²) in [5.41, 5.74) is 2.38. The van der Waals surface area contributed by atoms with Crippen LogP contribution in [-0.4, -0.2) is 23.0 Å². The molecule has 6 heteroatoms. The number of pyridine rings is 1. The van der Waals surface area contributed by atoms with Gasteiger partial charge in [-0.2, -0.15) is 0 Å². The number of benzene rings is 2. The first-order valence-corrected chi connectivity index (χ1v) is 9.61. The number of hydrogen-bond acceptors (Lipinski definition) is 4. The highest BCUT2D eigenvalue weighted by Gasteiger charge is 2.38.